The van der Waals surface area contributed by atoms with E-state index in [-0.39, 0.29) is 5.97 Å². The minimum absolute atomic E-state index is 0.238. The predicted octanol–water partition coefficient (Wildman–Crippen LogP) is 3.11. The van der Waals surface area contributed by atoms with E-state index < -0.39 is 5.54 Å². The zero-order valence-corrected chi connectivity index (χ0v) is 11.4. The standard InChI is InChI=1S/C17H17NO2/c1-20-16(19)17(14-8-3-2-4-9-14)12-11-13-7-5-6-10-15(13)18-17/h2-10,18H,11-12H2,1H3. The summed E-state index contributed by atoms with van der Waals surface area (Å²) >= 11 is 0. The number of nitrogens with one attached hydrogen (secondary N) is 1. The Bertz CT molecular complexity index is 624. The molecule has 2 aromatic carbocycles. The molecule has 0 aliphatic carbocycles. The van der Waals surface area contributed by atoms with E-state index in [9.17, 15) is 4.79 Å². The van der Waals surface area contributed by atoms with E-state index in [1.807, 2.05) is 48.5 Å². The third-order valence-corrected chi connectivity index (χ3v) is 3.94. The maximum Gasteiger partial charge on any atom is 0.336 e. The minimum atomic E-state index is -0.787. The van der Waals surface area contributed by atoms with Gasteiger partial charge in [0, 0.05) is 5.69 Å². The molecule has 0 fully saturated rings. The van der Waals surface area contributed by atoms with Crippen molar-refractivity contribution in [2.45, 2.75) is 18.4 Å². The number of para-hydroxylation sites is 1. The van der Waals surface area contributed by atoms with Crippen LogP contribution in [0.15, 0.2) is 54.6 Å². The number of fused-ring (bicyclic) bond motifs is 1. The summed E-state index contributed by atoms with van der Waals surface area (Å²) < 4.78 is 5.06. The van der Waals surface area contributed by atoms with Crippen LogP contribution in [0.5, 0.6) is 0 Å². The summed E-state index contributed by atoms with van der Waals surface area (Å²) in [4.78, 5) is 12.4. The number of hydrogen-bond acceptors (Lipinski definition) is 3. The van der Waals surface area contributed by atoms with E-state index in [1.54, 1.807) is 0 Å². The van der Waals surface area contributed by atoms with Gasteiger partial charge < -0.3 is 10.1 Å². The highest BCUT2D eigenvalue weighted by Crippen LogP contribution is 2.38. The summed E-state index contributed by atoms with van der Waals surface area (Å²) in [7, 11) is 1.44. The quantitative estimate of drug-likeness (QED) is 0.850. The molecule has 0 saturated carbocycles. The van der Waals surface area contributed by atoms with Crippen LogP contribution in [-0.2, 0) is 21.5 Å². The van der Waals surface area contributed by atoms with Crippen molar-refractivity contribution in [2.24, 2.45) is 0 Å². The number of hydrogen-bond donors (Lipinski definition) is 1. The summed E-state index contributed by atoms with van der Waals surface area (Å²) in [6.07, 6.45) is 1.55. The lowest BCUT2D eigenvalue weighted by Crippen LogP contribution is -2.47. The third-order valence-electron chi connectivity index (χ3n) is 3.94. The first-order valence-corrected chi connectivity index (χ1v) is 6.76. The Morgan fingerprint density at radius 1 is 1.10 bits per heavy atom. The van der Waals surface area contributed by atoms with E-state index in [4.69, 9.17) is 4.74 Å². The third kappa shape index (κ3) is 1.95. The largest absolute Gasteiger partial charge is 0.467 e. The van der Waals surface area contributed by atoms with Gasteiger partial charge in [-0.1, -0.05) is 48.5 Å². The van der Waals surface area contributed by atoms with Crippen molar-refractivity contribution in [3.63, 3.8) is 0 Å². The lowest BCUT2D eigenvalue weighted by atomic mass is 9.80. The van der Waals surface area contributed by atoms with Gasteiger partial charge in [-0.25, -0.2) is 4.79 Å². The molecule has 0 saturated heterocycles. The lowest BCUT2D eigenvalue weighted by Gasteiger charge is -2.37. The SMILES string of the molecule is COC(=O)C1(c2ccccc2)CCc2ccccc2N1. The van der Waals surface area contributed by atoms with Crippen LogP contribution < -0.4 is 5.32 Å². The van der Waals surface area contributed by atoms with Gasteiger partial charge in [-0.2, -0.15) is 0 Å². The second-order valence-electron chi connectivity index (χ2n) is 5.05. The smallest absolute Gasteiger partial charge is 0.336 e. The molecule has 3 rings (SSSR count). The van der Waals surface area contributed by atoms with Gasteiger partial charge in [-0.15, -0.1) is 0 Å². The molecule has 102 valence electrons. The summed E-state index contributed by atoms with van der Waals surface area (Å²) in [6, 6.07) is 17.9. The molecule has 1 aliphatic rings. The van der Waals surface area contributed by atoms with Crippen LogP contribution in [0.2, 0.25) is 0 Å². The van der Waals surface area contributed by atoms with Gasteiger partial charge in [0.05, 0.1) is 7.11 Å². The molecule has 0 radical (unpaired) electrons. The van der Waals surface area contributed by atoms with Gasteiger partial charge in [0.2, 0.25) is 0 Å². The number of carbonyl (C=O) groups is 1. The van der Waals surface area contributed by atoms with Gasteiger partial charge in [0.15, 0.2) is 5.54 Å². The molecule has 0 amide bonds. The average Bonchev–Trinajstić information content (AvgIpc) is 2.54. The summed E-state index contributed by atoms with van der Waals surface area (Å²) in [5.74, 6) is -0.238. The van der Waals surface area contributed by atoms with Crippen LogP contribution in [0.25, 0.3) is 0 Å². The normalized spacial score (nSPS) is 20.6. The van der Waals surface area contributed by atoms with Crippen molar-refractivity contribution in [2.75, 3.05) is 12.4 Å². The molecule has 1 atom stereocenters. The van der Waals surface area contributed by atoms with Crippen LogP contribution in [0, 0.1) is 0 Å². The number of methoxy groups -OCH3 is 1. The van der Waals surface area contributed by atoms with E-state index in [0.717, 1.165) is 17.7 Å². The van der Waals surface area contributed by atoms with Crippen molar-refractivity contribution < 1.29 is 9.53 Å². The molecular weight excluding hydrogens is 250 g/mol. The Morgan fingerprint density at radius 2 is 1.80 bits per heavy atom. The highest BCUT2D eigenvalue weighted by Gasteiger charge is 2.43. The second kappa shape index (κ2) is 5.00. The number of anilines is 1. The zero-order chi connectivity index (χ0) is 14.0. The summed E-state index contributed by atoms with van der Waals surface area (Å²) in [5.41, 5.74) is 2.40. The minimum Gasteiger partial charge on any atom is -0.467 e. The van der Waals surface area contributed by atoms with E-state index in [1.165, 1.54) is 12.7 Å². The Kier molecular flexibility index (Phi) is 3.18. The number of carbonyl (C=O) groups excluding carboxylic acids is 1. The van der Waals surface area contributed by atoms with Gasteiger partial charge >= 0.3 is 5.97 Å². The first-order chi connectivity index (χ1) is 9.76. The monoisotopic (exact) mass is 267 g/mol. The second-order valence-corrected chi connectivity index (χ2v) is 5.05. The highest BCUT2D eigenvalue weighted by atomic mass is 16.5. The molecule has 0 bridgehead atoms. The number of rotatable bonds is 2. The van der Waals surface area contributed by atoms with Gasteiger partial charge in [-0.05, 0) is 30.0 Å². The summed E-state index contributed by atoms with van der Waals surface area (Å²) in [5, 5.41) is 3.40. The highest BCUT2D eigenvalue weighted by molar-refractivity contribution is 5.87. The number of benzene rings is 2. The van der Waals surface area contributed by atoms with E-state index >= 15 is 0 Å². The van der Waals surface area contributed by atoms with E-state index in [0.29, 0.717) is 6.42 Å². The lowest BCUT2D eigenvalue weighted by molar-refractivity contribution is -0.146. The first-order valence-electron chi connectivity index (χ1n) is 6.76. The van der Waals surface area contributed by atoms with Crippen LogP contribution in [0.4, 0.5) is 5.69 Å². The molecule has 20 heavy (non-hydrogen) atoms. The first kappa shape index (κ1) is 12.7. The van der Waals surface area contributed by atoms with Crippen LogP contribution in [0.1, 0.15) is 17.5 Å². The average molecular weight is 267 g/mol. The summed E-state index contributed by atoms with van der Waals surface area (Å²) in [6.45, 7) is 0. The molecule has 0 aromatic heterocycles. The molecule has 1 aliphatic heterocycles. The van der Waals surface area contributed by atoms with Crippen LogP contribution in [0.3, 0.4) is 0 Å². The zero-order valence-electron chi connectivity index (χ0n) is 11.4. The topological polar surface area (TPSA) is 38.3 Å². The Balaban J connectivity index is 2.08. The van der Waals surface area contributed by atoms with Crippen molar-refractivity contribution in [1.29, 1.82) is 0 Å². The number of esters is 1. The molecule has 3 heteroatoms. The van der Waals surface area contributed by atoms with E-state index in [2.05, 4.69) is 11.4 Å². The Hall–Kier alpha value is -2.29. The fraction of sp³-hybridized carbons (Fsp3) is 0.235. The molecule has 1 unspecified atom stereocenters. The number of ether oxygens (including phenoxy) is 1. The Labute approximate surface area is 118 Å². The van der Waals surface area contributed by atoms with Gasteiger partial charge in [0.25, 0.3) is 0 Å². The fourth-order valence-corrected chi connectivity index (χ4v) is 2.86. The number of aryl methyl sites for hydroxylation is 1. The maximum absolute atomic E-state index is 12.4. The van der Waals surface area contributed by atoms with Crippen LogP contribution >= 0.6 is 0 Å². The predicted molar refractivity (Wildman–Crippen MR) is 78.5 cm³/mol. The Morgan fingerprint density at radius 3 is 2.55 bits per heavy atom. The van der Waals surface area contributed by atoms with Crippen molar-refractivity contribution in [1.82, 2.24) is 0 Å². The van der Waals surface area contributed by atoms with Gasteiger partial charge in [-0.3, -0.25) is 0 Å². The molecule has 3 nitrogen and oxygen atoms in total. The van der Waals surface area contributed by atoms with Crippen molar-refractivity contribution >= 4 is 11.7 Å². The molecule has 0 spiro atoms. The molecule has 2 aromatic rings. The van der Waals surface area contributed by atoms with Crippen molar-refractivity contribution in [3.05, 3.63) is 65.7 Å². The van der Waals surface area contributed by atoms with Gasteiger partial charge in [0.1, 0.15) is 0 Å². The maximum atomic E-state index is 12.4. The fourth-order valence-electron chi connectivity index (χ4n) is 2.86. The molecule has 1 heterocycles. The molecular formula is C17H17NO2. The van der Waals surface area contributed by atoms with Crippen molar-refractivity contribution in [3.8, 4) is 0 Å². The molecule has 1 N–H and O–H groups in total. The van der Waals surface area contributed by atoms with Crippen LogP contribution in [-0.4, -0.2) is 13.1 Å².